The second-order valence-corrected chi connectivity index (χ2v) is 17.5. The topological polar surface area (TPSA) is 0 Å². The van der Waals surface area contributed by atoms with Crippen molar-refractivity contribution in [2.75, 3.05) is 0 Å². The molecule has 0 saturated heterocycles. The molecule has 250 valence electrons. The third kappa shape index (κ3) is 14.7. The first-order valence-corrected chi connectivity index (χ1v) is 19.8. The van der Waals surface area contributed by atoms with Crippen LogP contribution in [-0.4, -0.2) is 27.0 Å². The van der Waals surface area contributed by atoms with Crippen molar-refractivity contribution < 1.29 is 36.7 Å². The Morgan fingerprint density at radius 1 is 0.543 bits per heavy atom. The molecule has 3 saturated carbocycles. The van der Waals surface area contributed by atoms with E-state index in [2.05, 4.69) is 98.5 Å². The maximum atomic E-state index is 9.75. The number of hydrogen-bond donors (Lipinski definition) is 0. The standard InChI is InChI=1S/C29H36P2.C8H12.BF4.B.Rh/c1-5-13-24(14-6-1)28-21-22-29(25-15-7-2-8-16-25)31(28)23-30(26-17-9-3-10-18-26)27-19-11-4-12-20-27;1-2-4-6-8-7-5-3-1;2-1(3,4)5;;/h1-2,5-8,13-16,21-22,26-27H,3-4,9-12,17-20,23H2;1-2,7-8H,3-6H2;;;/q;;-1;;. The molecular weight excluding hydrogens is 707 g/mol. The van der Waals surface area contributed by atoms with Gasteiger partial charge in [-0.25, -0.2) is 0 Å². The van der Waals surface area contributed by atoms with Gasteiger partial charge >= 0.3 is 7.25 Å². The van der Waals surface area contributed by atoms with Gasteiger partial charge in [-0.1, -0.05) is 107 Å². The smallest absolute Gasteiger partial charge is 0.418 e. The minimum atomic E-state index is -6.00. The molecule has 0 bridgehead atoms. The van der Waals surface area contributed by atoms with E-state index in [1.165, 1.54) is 107 Å². The zero-order valence-electron chi connectivity index (χ0n) is 26.9. The predicted molar refractivity (Wildman–Crippen MR) is 192 cm³/mol. The van der Waals surface area contributed by atoms with Crippen LogP contribution < -0.4 is 0 Å². The summed E-state index contributed by atoms with van der Waals surface area (Å²) in [5.41, 5.74) is 4.98. The Hall–Kier alpha value is -0.877. The molecule has 0 N–H and O–H groups in total. The molecule has 0 nitrogen and oxygen atoms in total. The Morgan fingerprint density at radius 3 is 1.20 bits per heavy atom. The molecule has 2 aromatic carbocycles. The fraction of sp³-hybridized carbons (Fsp3) is 0.459. The third-order valence-electron chi connectivity index (χ3n) is 8.85. The molecule has 0 atom stereocenters. The first-order valence-electron chi connectivity index (χ1n) is 16.6. The van der Waals surface area contributed by atoms with Gasteiger partial charge in [-0.05, 0) is 112 Å². The number of rotatable bonds is 6. The molecule has 3 aliphatic rings. The van der Waals surface area contributed by atoms with Crippen LogP contribution in [0.4, 0.5) is 17.3 Å². The Bertz CT molecular complexity index is 1080. The van der Waals surface area contributed by atoms with E-state index in [0.717, 1.165) is 11.3 Å². The van der Waals surface area contributed by atoms with Gasteiger partial charge in [0.2, 0.25) is 0 Å². The minimum absolute atomic E-state index is 0. The molecule has 0 spiro atoms. The van der Waals surface area contributed by atoms with Crippen LogP contribution in [0.1, 0.15) is 89.9 Å². The Labute approximate surface area is 293 Å². The monoisotopic (exact) mass is 755 g/mol. The second-order valence-electron chi connectivity index (χ2n) is 12.1. The summed E-state index contributed by atoms with van der Waals surface area (Å²) in [6, 6.07) is 27.5. The summed E-state index contributed by atoms with van der Waals surface area (Å²) in [5.74, 6) is 1.47. The Balaban J connectivity index is 0.000000414. The number of halogens is 4. The van der Waals surface area contributed by atoms with Crippen LogP contribution in [0.2, 0.25) is 0 Å². The molecule has 3 aromatic rings. The summed E-state index contributed by atoms with van der Waals surface area (Å²) in [5, 5.41) is 3.27. The van der Waals surface area contributed by atoms with Gasteiger partial charge < -0.3 is 17.3 Å². The molecule has 0 amide bonds. The van der Waals surface area contributed by atoms with E-state index < -0.39 is 7.25 Å². The molecule has 6 rings (SSSR count). The summed E-state index contributed by atoms with van der Waals surface area (Å²) < 4.78 is 39.0. The molecule has 0 unspecified atom stereocenters. The van der Waals surface area contributed by atoms with E-state index in [1.807, 2.05) is 0 Å². The van der Waals surface area contributed by atoms with E-state index >= 15 is 0 Å². The van der Waals surface area contributed by atoms with Crippen molar-refractivity contribution >= 4 is 31.1 Å². The maximum Gasteiger partial charge on any atom is 0.673 e. The Kier molecular flexibility index (Phi) is 20.4. The van der Waals surface area contributed by atoms with E-state index in [-0.39, 0.29) is 43.3 Å². The summed E-state index contributed by atoms with van der Waals surface area (Å²) in [7, 11) is -6.16. The van der Waals surface area contributed by atoms with E-state index in [4.69, 9.17) is 0 Å². The first kappa shape index (κ1) is 41.3. The summed E-state index contributed by atoms with van der Waals surface area (Å²) in [4.78, 5) is 0. The number of benzene rings is 2. The summed E-state index contributed by atoms with van der Waals surface area (Å²) in [6.45, 7) is 0. The molecule has 3 fully saturated rings. The second kappa shape index (κ2) is 22.7. The van der Waals surface area contributed by atoms with Crippen molar-refractivity contribution in [2.45, 2.75) is 107 Å². The van der Waals surface area contributed by atoms with Gasteiger partial charge in [0.1, 0.15) is 0 Å². The summed E-state index contributed by atoms with van der Waals surface area (Å²) >= 11 is 0. The van der Waals surface area contributed by atoms with E-state index in [1.54, 1.807) is 10.6 Å². The van der Waals surface area contributed by atoms with E-state index in [9.17, 15) is 17.3 Å². The average molecular weight is 755 g/mol. The van der Waals surface area contributed by atoms with Crippen LogP contribution in [0.15, 0.2) is 72.8 Å². The van der Waals surface area contributed by atoms with Crippen LogP contribution in [0.5, 0.6) is 0 Å². The van der Waals surface area contributed by atoms with Crippen LogP contribution in [0.25, 0.3) is 21.7 Å². The first-order chi connectivity index (χ1) is 21.4. The van der Waals surface area contributed by atoms with Crippen LogP contribution in [0.3, 0.4) is 0 Å². The van der Waals surface area contributed by atoms with Crippen molar-refractivity contribution in [1.29, 1.82) is 0 Å². The SMILES string of the molecule is F[B-](F)(F)F.[B].[CH]1[CH]CC[CH][CH]CC1.[Rh].c1ccc(-c2ccc(-c3ccccc3)p2CP(C2CCCCC2)C2CCCCC2)cc1. The van der Waals surface area contributed by atoms with Gasteiger partial charge in [-0.2, -0.15) is 0 Å². The zero-order valence-corrected chi connectivity index (χ0v) is 30.3. The van der Waals surface area contributed by atoms with Crippen molar-refractivity contribution in [3.05, 3.63) is 98.5 Å². The van der Waals surface area contributed by atoms with Gasteiger partial charge in [0.15, 0.2) is 0 Å². The van der Waals surface area contributed by atoms with Crippen LogP contribution in [-0.2, 0) is 25.4 Å². The largest absolute Gasteiger partial charge is 0.673 e. The van der Waals surface area contributed by atoms with Gasteiger partial charge in [0.25, 0.3) is 0 Å². The van der Waals surface area contributed by atoms with Crippen molar-refractivity contribution in [2.24, 2.45) is 0 Å². The maximum absolute atomic E-state index is 9.75. The molecule has 46 heavy (non-hydrogen) atoms. The third-order valence-corrected chi connectivity index (χ3v) is 16.2. The quantitative estimate of drug-likeness (QED) is 0.134. The molecule has 0 aliphatic heterocycles. The molecule has 3 aliphatic carbocycles. The average Bonchev–Trinajstić information content (AvgIpc) is 3.44. The Morgan fingerprint density at radius 2 is 0.870 bits per heavy atom. The van der Waals surface area contributed by atoms with Crippen molar-refractivity contribution in [3.63, 3.8) is 0 Å². The summed E-state index contributed by atoms with van der Waals surface area (Å²) in [6.07, 6.45) is 28.9. The zero-order chi connectivity index (χ0) is 31.0. The predicted octanol–water partition coefficient (Wildman–Crippen LogP) is 13.4. The number of hydrogen-bond acceptors (Lipinski definition) is 0. The fourth-order valence-corrected chi connectivity index (χ4v) is 15.4. The molecular formula is C37H48B2F4P2Rh-. The van der Waals surface area contributed by atoms with Crippen molar-refractivity contribution in [1.82, 2.24) is 0 Å². The van der Waals surface area contributed by atoms with E-state index in [0.29, 0.717) is 0 Å². The van der Waals surface area contributed by atoms with Gasteiger partial charge in [0, 0.05) is 44.4 Å². The van der Waals surface area contributed by atoms with Crippen LogP contribution in [0, 0.1) is 25.7 Å². The molecule has 1 heterocycles. The molecule has 9 heteroatoms. The normalized spacial score (nSPS) is 17.9. The van der Waals surface area contributed by atoms with Crippen LogP contribution >= 0.6 is 15.5 Å². The fourth-order valence-electron chi connectivity index (χ4n) is 6.72. The molecule has 1 aromatic heterocycles. The minimum Gasteiger partial charge on any atom is -0.418 e. The van der Waals surface area contributed by atoms with Gasteiger partial charge in [-0.3, -0.25) is 0 Å². The van der Waals surface area contributed by atoms with Gasteiger partial charge in [0.05, 0.1) is 0 Å². The molecule has 8 radical (unpaired) electrons. The van der Waals surface area contributed by atoms with Crippen molar-refractivity contribution in [3.8, 4) is 21.7 Å². The van der Waals surface area contributed by atoms with Gasteiger partial charge in [-0.15, -0.1) is 7.53 Å².